The number of carboxylic acid groups (broad SMARTS) is 1. The second kappa shape index (κ2) is 4.89. The quantitative estimate of drug-likeness (QED) is 0.382. The van der Waals surface area contributed by atoms with Gasteiger partial charge in [-0.05, 0) is 12.8 Å². The van der Waals surface area contributed by atoms with Gasteiger partial charge in [0.25, 0.3) is 0 Å². The van der Waals surface area contributed by atoms with Gasteiger partial charge in [0, 0.05) is 5.92 Å². The SMILES string of the molecule is O=C(O)[C@H]1C[C@H]([C@H](O)CO)[C@H](O)[C@H](O)C1. The number of rotatable bonds is 3. The molecule has 1 aliphatic carbocycles. The molecule has 0 amide bonds. The molecule has 0 spiro atoms. The molecule has 0 heterocycles. The zero-order valence-electron chi connectivity index (χ0n) is 8.15. The lowest BCUT2D eigenvalue weighted by Gasteiger charge is -2.37. The Morgan fingerprint density at radius 1 is 1.33 bits per heavy atom. The minimum atomic E-state index is -1.20. The van der Waals surface area contributed by atoms with Crippen molar-refractivity contribution in [2.75, 3.05) is 6.61 Å². The number of aliphatic hydroxyl groups is 4. The molecule has 1 fully saturated rings. The van der Waals surface area contributed by atoms with Crippen molar-refractivity contribution in [3.05, 3.63) is 0 Å². The molecular formula is C9H16O6. The fourth-order valence-electron chi connectivity index (χ4n) is 2.00. The van der Waals surface area contributed by atoms with Crippen LogP contribution >= 0.6 is 0 Å². The van der Waals surface area contributed by atoms with Gasteiger partial charge in [-0.25, -0.2) is 0 Å². The predicted octanol–water partition coefficient (Wildman–Crippen LogP) is -1.83. The zero-order chi connectivity index (χ0) is 11.6. The molecule has 15 heavy (non-hydrogen) atoms. The zero-order valence-corrected chi connectivity index (χ0v) is 8.15. The highest BCUT2D eigenvalue weighted by molar-refractivity contribution is 5.70. The monoisotopic (exact) mass is 220 g/mol. The number of carboxylic acids is 1. The third-order valence-corrected chi connectivity index (χ3v) is 2.95. The summed E-state index contributed by atoms with van der Waals surface area (Å²) in [6, 6.07) is 0. The Labute approximate surface area is 86.8 Å². The fraction of sp³-hybridized carbons (Fsp3) is 0.889. The highest BCUT2D eigenvalue weighted by Gasteiger charge is 2.41. The Hall–Kier alpha value is -0.690. The van der Waals surface area contributed by atoms with E-state index in [0.29, 0.717) is 0 Å². The third kappa shape index (κ3) is 2.66. The Bertz CT molecular complexity index is 231. The van der Waals surface area contributed by atoms with E-state index < -0.39 is 42.7 Å². The summed E-state index contributed by atoms with van der Waals surface area (Å²) in [6.45, 7) is -0.555. The van der Waals surface area contributed by atoms with Crippen LogP contribution in [-0.2, 0) is 4.79 Å². The van der Waals surface area contributed by atoms with Crippen LogP contribution in [0.3, 0.4) is 0 Å². The van der Waals surface area contributed by atoms with E-state index in [9.17, 15) is 20.1 Å². The van der Waals surface area contributed by atoms with Gasteiger partial charge in [0.2, 0.25) is 0 Å². The Kier molecular flexibility index (Phi) is 4.04. The molecule has 0 unspecified atom stereocenters. The van der Waals surface area contributed by atoms with Crippen LogP contribution in [0.5, 0.6) is 0 Å². The summed E-state index contributed by atoms with van der Waals surface area (Å²) in [5, 5.41) is 45.8. The summed E-state index contributed by atoms with van der Waals surface area (Å²) in [5.41, 5.74) is 0. The largest absolute Gasteiger partial charge is 0.481 e. The molecule has 1 aliphatic rings. The molecule has 0 aromatic rings. The van der Waals surface area contributed by atoms with Crippen LogP contribution in [0.25, 0.3) is 0 Å². The smallest absolute Gasteiger partial charge is 0.306 e. The molecule has 0 aliphatic heterocycles. The molecule has 0 bridgehead atoms. The highest BCUT2D eigenvalue weighted by atomic mass is 16.4. The molecule has 6 heteroatoms. The minimum absolute atomic E-state index is 0.0227. The molecule has 0 aromatic heterocycles. The van der Waals surface area contributed by atoms with Crippen molar-refractivity contribution in [2.45, 2.75) is 31.2 Å². The van der Waals surface area contributed by atoms with Gasteiger partial charge in [-0.3, -0.25) is 4.79 Å². The van der Waals surface area contributed by atoms with Crippen molar-refractivity contribution in [3.63, 3.8) is 0 Å². The lowest BCUT2D eigenvalue weighted by Crippen LogP contribution is -2.48. The van der Waals surface area contributed by atoms with E-state index in [0.717, 1.165) is 0 Å². The summed E-state index contributed by atoms with van der Waals surface area (Å²) < 4.78 is 0. The van der Waals surface area contributed by atoms with Gasteiger partial charge in [-0.1, -0.05) is 0 Å². The molecular weight excluding hydrogens is 204 g/mol. The Morgan fingerprint density at radius 3 is 2.40 bits per heavy atom. The predicted molar refractivity (Wildman–Crippen MR) is 49.0 cm³/mol. The van der Waals surface area contributed by atoms with Crippen LogP contribution < -0.4 is 0 Å². The van der Waals surface area contributed by atoms with Crippen molar-refractivity contribution in [3.8, 4) is 0 Å². The molecule has 0 saturated heterocycles. The lowest BCUT2D eigenvalue weighted by atomic mass is 9.75. The highest BCUT2D eigenvalue weighted by Crippen LogP contribution is 2.32. The van der Waals surface area contributed by atoms with E-state index in [1.54, 1.807) is 0 Å². The number of aliphatic carboxylic acids is 1. The Morgan fingerprint density at radius 2 is 1.93 bits per heavy atom. The average Bonchev–Trinajstić information content (AvgIpc) is 2.20. The van der Waals surface area contributed by atoms with Gasteiger partial charge in [0.15, 0.2) is 0 Å². The van der Waals surface area contributed by atoms with Gasteiger partial charge >= 0.3 is 5.97 Å². The summed E-state index contributed by atoms with van der Waals surface area (Å²) in [4.78, 5) is 10.7. The minimum Gasteiger partial charge on any atom is -0.481 e. The van der Waals surface area contributed by atoms with E-state index >= 15 is 0 Å². The van der Waals surface area contributed by atoms with Gasteiger partial charge < -0.3 is 25.5 Å². The van der Waals surface area contributed by atoms with Gasteiger partial charge in [0.1, 0.15) is 0 Å². The first-order chi connectivity index (χ1) is 6.97. The normalized spacial score (nSPS) is 38.7. The standard InChI is InChI=1S/C9H16O6/c10-3-7(12)5-1-4(9(14)15)2-6(11)8(5)13/h4-8,10-13H,1-3H2,(H,14,15)/t4-,5+,6+,7+,8-/m0/s1. The van der Waals surface area contributed by atoms with Gasteiger partial charge in [-0.2, -0.15) is 0 Å². The maximum absolute atomic E-state index is 10.7. The number of hydrogen-bond acceptors (Lipinski definition) is 5. The molecule has 0 radical (unpaired) electrons. The van der Waals surface area contributed by atoms with Crippen LogP contribution in [0, 0.1) is 11.8 Å². The Balaban J connectivity index is 2.72. The van der Waals surface area contributed by atoms with Crippen LogP contribution in [0.1, 0.15) is 12.8 Å². The van der Waals surface area contributed by atoms with Gasteiger partial charge in [0.05, 0.1) is 30.8 Å². The molecule has 5 N–H and O–H groups in total. The first-order valence-electron chi connectivity index (χ1n) is 4.85. The van der Waals surface area contributed by atoms with E-state index in [2.05, 4.69) is 0 Å². The maximum Gasteiger partial charge on any atom is 0.306 e. The molecule has 5 atom stereocenters. The van der Waals surface area contributed by atoms with E-state index in [1.165, 1.54) is 0 Å². The second-order valence-corrected chi connectivity index (χ2v) is 3.98. The number of aliphatic hydroxyl groups excluding tert-OH is 4. The molecule has 1 saturated carbocycles. The van der Waals surface area contributed by atoms with Crippen LogP contribution in [0.2, 0.25) is 0 Å². The third-order valence-electron chi connectivity index (χ3n) is 2.95. The van der Waals surface area contributed by atoms with Crippen LogP contribution in [-0.4, -0.2) is 56.4 Å². The van der Waals surface area contributed by atoms with Gasteiger partial charge in [-0.15, -0.1) is 0 Å². The summed E-state index contributed by atoms with van der Waals surface area (Å²) in [6.07, 6.45) is -3.49. The van der Waals surface area contributed by atoms with Crippen molar-refractivity contribution in [2.24, 2.45) is 11.8 Å². The summed E-state index contributed by atoms with van der Waals surface area (Å²) in [7, 11) is 0. The molecule has 88 valence electrons. The molecule has 6 nitrogen and oxygen atoms in total. The van der Waals surface area contributed by atoms with Crippen LogP contribution in [0.4, 0.5) is 0 Å². The maximum atomic E-state index is 10.7. The average molecular weight is 220 g/mol. The van der Waals surface area contributed by atoms with Crippen molar-refractivity contribution in [1.29, 1.82) is 0 Å². The molecule has 1 rings (SSSR count). The van der Waals surface area contributed by atoms with E-state index in [4.69, 9.17) is 10.2 Å². The topological polar surface area (TPSA) is 118 Å². The first kappa shape index (κ1) is 12.4. The van der Waals surface area contributed by atoms with E-state index in [1.807, 2.05) is 0 Å². The lowest BCUT2D eigenvalue weighted by molar-refractivity contribution is -0.153. The fourth-order valence-corrected chi connectivity index (χ4v) is 2.00. The van der Waals surface area contributed by atoms with Crippen LogP contribution in [0.15, 0.2) is 0 Å². The second-order valence-electron chi connectivity index (χ2n) is 3.98. The van der Waals surface area contributed by atoms with Crippen molar-refractivity contribution < 1.29 is 30.3 Å². The van der Waals surface area contributed by atoms with Crippen molar-refractivity contribution >= 4 is 5.97 Å². The number of carbonyl (C=O) groups is 1. The van der Waals surface area contributed by atoms with E-state index in [-0.39, 0.29) is 12.8 Å². The molecule has 0 aromatic carbocycles. The summed E-state index contributed by atoms with van der Waals surface area (Å²) >= 11 is 0. The van der Waals surface area contributed by atoms with Crippen molar-refractivity contribution in [1.82, 2.24) is 0 Å². The number of hydrogen-bond donors (Lipinski definition) is 5. The first-order valence-corrected chi connectivity index (χ1v) is 4.85. The summed E-state index contributed by atoms with van der Waals surface area (Å²) in [5.74, 6) is -2.63.